The third-order valence-electron chi connectivity index (χ3n) is 9.04. The first kappa shape index (κ1) is 50.2. The van der Waals surface area contributed by atoms with Crippen LogP contribution in [0.25, 0.3) is 10.9 Å². The molecule has 0 bridgehead atoms. The number of methoxy groups -OCH3 is 1. The number of hydrogen-bond donors (Lipinski definition) is 3. The number of carboxylic acids is 1. The van der Waals surface area contributed by atoms with Crippen LogP contribution in [-0.2, 0) is 24.4 Å². The third-order valence-corrected chi connectivity index (χ3v) is 11.2. The Morgan fingerprint density at radius 3 is 2.30 bits per heavy atom. The second kappa shape index (κ2) is 22.9. The molecule has 2 aromatic heterocycles. The highest BCUT2D eigenvalue weighted by atomic mass is 35.5. The van der Waals surface area contributed by atoms with Gasteiger partial charge in [-0.1, -0.05) is 41.3 Å². The van der Waals surface area contributed by atoms with Crippen molar-refractivity contribution >= 4 is 91.2 Å². The fourth-order valence-corrected chi connectivity index (χ4v) is 7.72. The lowest BCUT2D eigenvalue weighted by Crippen LogP contribution is -2.35. The molecule has 2 aliphatic rings. The number of aromatic nitrogens is 4. The molecule has 7 rings (SSSR count). The summed E-state index contributed by atoms with van der Waals surface area (Å²) in [6, 6.07) is 13.9. The lowest BCUT2D eigenvalue weighted by molar-refractivity contribution is -0.139. The van der Waals surface area contributed by atoms with Crippen molar-refractivity contribution in [3.05, 3.63) is 99.7 Å². The number of sulfonamides is 1. The molecule has 3 heterocycles. The first-order valence-electron chi connectivity index (χ1n) is 19.5. The number of carboxylic acid groups (broad SMARTS) is 1. The largest absolute Gasteiger partial charge is 0.491 e. The number of nitrogens with one attached hydrogen (secondary N) is 2. The fourth-order valence-electron chi connectivity index (χ4n) is 6.18. The number of imide groups is 1. The van der Waals surface area contributed by atoms with Gasteiger partial charge in [0.05, 0.1) is 28.7 Å². The summed E-state index contributed by atoms with van der Waals surface area (Å²) >= 11 is 17.5. The first-order valence-corrected chi connectivity index (χ1v) is 22.2. The summed E-state index contributed by atoms with van der Waals surface area (Å²) in [5.74, 6) is 0.584. The Labute approximate surface area is 392 Å². The van der Waals surface area contributed by atoms with Crippen LogP contribution in [0.5, 0.6) is 23.3 Å². The molecule has 1 aliphatic carbocycles. The van der Waals surface area contributed by atoms with Crippen molar-refractivity contribution in [2.24, 2.45) is 0 Å². The highest BCUT2D eigenvalue weighted by Gasteiger charge is 2.41. The minimum Gasteiger partial charge on any atom is -0.491 e. The van der Waals surface area contributed by atoms with E-state index < -0.39 is 52.4 Å². The molecule has 1 atom stereocenters. The maximum Gasteiger partial charge on any atom is 0.341 e. The van der Waals surface area contributed by atoms with Crippen molar-refractivity contribution in [1.29, 1.82) is 0 Å². The number of aryl methyl sites for hydroxylation is 1. The lowest BCUT2D eigenvalue weighted by Gasteiger charge is -2.19. The van der Waals surface area contributed by atoms with E-state index in [1.807, 2.05) is 4.72 Å². The number of anilines is 2. The van der Waals surface area contributed by atoms with E-state index in [0.29, 0.717) is 40.3 Å². The molecule has 3 aromatic carbocycles. The van der Waals surface area contributed by atoms with Crippen molar-refractivity contribution in [2.45, 2.75) is 50.5 Å². The normalized spacial score (nSPS) is 13.5. The molecule has 0 spiro atoms. The van der Waals surface area contributed by atoms with Crippen LogP contribution in [0.3, 0.4) is 0 Å². The fraction of sp³-hybridized carbons (Fsp3) is 0.256. The quantitative estimate of drug-likeness (QED) is 0.0596. The van der Waals surface area contributed by atoms with Crippen molar-refractivity contribution in [2.75, 3.05) is 36.4 Å². The van der Waals surface area contributed by atoms with E-state index >= 15 is 0 Å². The maximum atomic E-state index is 14.4. The number of amides is 4. The molecule has 346 valence electrons. The summed E-state index contributed by atoms with van der Waals surface area (Å²) in [6.07, 6.45) is 9.07. The van der Waals surface area contributed by atoms with E-state index in [2.05, 4.69) is 31.2 Å². The number of carbonyl (C=O) groups excluding carboxylic acids is 3. The molecule has 4 amide bonds. The Hall–Kier alpha value is -6.79. The van der Waals surface area contributed by atoms with E-state index in [9.17, 15) is 32.0 Å². The molecule has 18 nitrogen and oxygen atoms in total. The summed E-state index contributed by atoms with van der Waals surface area (Å²) in [7, 11) is -2.85. The van der Waals surface area contributed by atoms with Crippen LogP contribution in [-0.4, -0.2) is 89.6 Å². The zero-order valence-electron chi connectivity index (χ0n) is 35.1. The van der Waals surface area contributed by atoms with Gasteiger partial charge in [0, 0.05) is 28.8 Å². The monoisotopic (exact) mass is 985 g/mol. The molecular formula is C43H39Cl3FN7O11S. The number of pyridine rings is 1. The molecule has 0 radical (unpaired) electrons. The molecule has 0 fully saturated rings. The van der Waals surface area contributed by atoms with Gasteiger partial charge in [-0.05, 0) is 82.0 Å². The highest BCUT2D eigenvalue weighted by molar-refractivity contribution is 7.90. The number of aliphatic carboxylic acids is 1. The highest BCUT2D eigenvalue weighted by Crippen LogP contribution is 2.40. The van der Waals surface area contributed by atoms with Gasteiger partial charge in [-0.2, -0.15) is 15.0 Å². The minimum atomic E-state index is -4.20. The number of terminal acetylenes is 1. The van der Waals surface area contributed by atoms with Gasteiger partial charge in [0.15, 0.2) is 12.7 Å². The smallest absolute Gasteiger partial charge is 0.341 e. The molecule has 1 aliphatic heterocycles. The minimum absolute atomic E-state index is 0.0181. The van der Waals surface area contributed by atoms with Crippen LogP contribution < -0.4 is 33.9 Å². The lowest BCUT2D eigenvalue weighted by atomic mass is 9.93. The number of fused-ring (bicyclic) bond motifs is 1. The van der Waals surface area contributed by atoms with Gasteiger partial charge in [-0.15, -0.1) is 18.0 Å². The molecule has 5 aromatic rings. The van der Waals surface area contributed by atoms with E-state index in [4.69, 9.17) is 65.3 Å². The average Bonchev–Trinajstić information content (AvgIpc) is 3.54. The van der Waals surface area contributed by atoms with Crippen LogP contribution in [0.1, 0.15) is 38.4 Å². The van der Waals surface area contributed by atoms with E-state index in [1.165, 1.54) is 31.4 Å². The van der Waals surface area contributed by atoms with Gasteiger partial charge in [0.25, 0.3) is 21.8 Å². The Kier molecular flexibility index (Phi) is 17.4. The summed E-state index contributed by atoms with van der Waals surface area (Å²) in [5.41, 5.74) is 1.37. The van der Waals surface area contributed by atoms with Gasteiger partial charge >= 0.3 is 18.0 Å². The van der Waals surface area contributed by atoms with E-state index in [0.717, 1.165) is 29.2 Å². The van der Waals surface area contributed by atoms with Crippen molar-refractivity contribution in [3.63, 3.8) is 0 Å². The van der Waals surface area contributed by atoms with E-state index in [-0.39, 0.29) is 57.4 Å². The van der Waals surface area contributed by atoms with Crippen molar-refractivity contribution in [3.8, 4) is 35.6 Å². The van der Waals surface area contributed by atoms with Gasteiger partial charge in [0.1, 0.15) is 45.9 Å². The third kappa shape index (κ3) is 12.7. The van der Waals surface area contributed by atoms with Crippen LogP contribution in [0.2, 0.25) is 10.0 Å². The summed E-state index contributed by atoms with van der Waals surface area (Å²) in [5, 5.41) is 12.1. The number of nitrogens with zero attached hydrogens (tertiary/aromatic N) is 5. The molecule has 0 saturated heterocycles. The molecule has 66 heavy (non-hydrogen) atoms. The van der Waals surface area contributed by atoms with Crippen LogP contribution in [0.15, 0.2) is 82.9 Å². The summed E-state index contributed by atoms with van der Waals surface area (Å²) in [4.78, 5) is 63.9. The SMILES string of the molecule is C#CC(C)Oc1cc(N2C(=O)C3=C(CCCC3)C2=O)c(F)cc1Cl.COc1nc(C)nc(NC(=O)NS(=O)(=O)c2ccccc2OCCCl)n1.O=C(O)COc1ccc(Cl)c2cccnc12. The average molecular weight is 987 g/mol. The van der Waals surface area contributed by atoms with Gasteiger partial charge in [-0.3, -0.25) is 19.9 Å². The number of benzene rings is 3. The summed E-state index contributed by atoms with van der Waals surface area (Å²) in [6.45, 7) is 2.91. The maximum absolute atomic E-state index is 14.4. The summed E-state index contributed by atoms with van der Waals surface area (Å²) < 4.78 is 61.8. The molecule has 0 saturated carbocycles. The number of urea groups is 1. The second-order valence-electron chi connectivity index (χ2n) is 13.6. The number of halogens is 4. The zero-order chi connectivity index (χ0) is 48.1. The Morgan fingerprint density at radius 1 is 0.955 bits per heavy atom. The number of carbonyl (C=O) groups is 4. The van der Waals surface area contributed by atoms with Gasteiger partial charge < -0.3 is 24.1 Å². The van der Waals surface area contributed by atoms with Crippen LogP contribution in [0, 0.1) is 25.1 Å². The van der Waals surface area contributed by atoms with Crippen LogP contribution >= 0.6 is 34.8 Å². The molecule has 3 N–H and O–H groups in total. The van der Waals surface area contributed by atoms with E-state index in [1.54, 1.807) is 50.4 Å². The zero-order valence-corrected chi connectivity index (χ0v) is 38.2. The van der Waals surface area contributed by atoms with Crippen molar-refractivity contribution in [1.82, 2.24) is 24.7 Å². The molecule has 1 unspecified atom stereocenters. The number of hydrogen-bond acceptors (Lipinski definition) is 14. The van der Waals surface area contributed by atoms with Crippen molar-refractivity contribution < 1.29 is 56.0 Å². The number of alkyl halides is 1. The van der Waals surface area contributed by atoms with Gasteiger partial charge in [-0.25, -0.2) is 32.0 Å². The second-order valence-corrected chi connectivity index (χ2v) is 16.5. The Morgan fingerprint density at radius 2 is 1.65 bits per heavy atom. The standard InChI is InChI=1S/C18H15ClFNO3.C14H16ClN5O5S.C11H8ClNO3/c1-3-10(2)24-16-9-15(14(20)8-13(16)19)21-17(22)11-6-4-5-7-12(11)18(21)23;1-9-16-12(19-14(17-9)24-2)18-13(21)20-26(22,23)11-6-4-3-5-10(11)25-8-7-15;12-8-3-4-9(16-6-10(14)15)11-7(8)2-1-5-13-11/h1,8-10H,4-7H2,2H3;3-6H,7-8H2,1-2H3,(H2,16,17,18,19,20,21);1-5H,6H2,(H,14,15). The van der Waals surface area contributed by atoms with Crippen LogP contribution in [0.4, 0.5) is 20.8 Å². The topological polar surface area (TPSA) is 238 Å². The number of rotatable bonds is 13. The first-order chi connectivity index (χ1) is 31.5. The number of para-hydroxylation sites is 1. The molecular weight excluding hydrogens is 948 g/mol. The Balaban J connectivity index is 0.000000191. The number of ether oxygens (including phenoxy) is 4. The van der Waals surface area contributed by atoms with Gasteiger partial charge in [0.2, 0.25) is 5.95 Å². The predicted molar refractivity (Wildman–Crippen MR) is 241 cm³/mol. The Bertz CT molecular complexity index is 2820. The predicted octanol–water partition coefficient (Wildman–Crippen LogP) is 7.29. The molecule has 23 heteroatoms.